The van der Waals surface area contributed by atoms with E-state index in [-0.39, 0.29) is 18.0 Å². The Bertz CT molecular complexity index is 773. The molecule has 126 valence electrons. The number of rotatable bonds is 7. The van der Waals surface area contributed by atoms with E-state index in [4.69, 9.17) is 0 Å². The van der Waals surface area contributed by atoms with Gasteiger partial charge in [-0.25, -0.2) is 12.8 Å². The van der Waals surface area contributed by atoms with Gasteiger partial charge in [-0.2, -0.15) is 16.9 Å². The molecule has 0 bridgehead atoms. The van der Waals surface area contributed by atoms with Gasteiger partial charge < -0.3 is 4.90 Å². The molecule has 0 N–H and O–H groups in total. The molecule has 2 rings (SSSR count). The van der Waals surface area contributed by atoms with E-state index in [1.54, 1.807) is 18.2 Å². The van der Waals surface area contributed by atoms with Crippen LogP contribution in [0.2, 0.25) is 0 Å². The van der Waals surface area contributed by atoms with Crippen LogP contribution in [0.5, 0.6) is 0 Å². The van der Waals surface area contributed by atoms with E-state index in [0.717, 1.165) is 15.4 Å². The van der Waals surface area contributed by atoms with Crippen molar-refractivity contribution in [1.82, 2.24) is 4.31 Å². The Kier molecular flexibility index (Phi) is 5.89. The fourth-order valence-corrected chi connectivity index (χ4v) is 4.58. The van der Waals surface area contributed by atoms with Crippen LogP contribution in [0, 0.1) is 0 Å². The number of hydrogen-bond acceptors (Lipinski definition) is 4. The standard InChI is InChI=1S/C16H21FN2O2S2/c1-18(2)15-7-3-6-14-13(15)5-4-8-16(14)23(20,21)19(10-9-17)11-12-22/h3-8,22H,9-12H2,1-2H3. The van der Waals surface area contributed by atoms with Crippen LogP contribution in [-0.4, -0.2) is 52.3 Å². The van der Waals surface area contributed by atoms with Crippen molar-refractivity contribution in [2.24, 2.45) is 0 Å². The Morgan fingerprint density at radius 3 is 2.30 bits per heavy atom. The molecule has 0 amide bonds. The summed E-state index contributed by atoms with van der Waals surface area (Å²) in [5, 5.41) is 1.49. The van der Waals surface area contributed by atoms with Crippen molar-refractivity contribution in [1.29, 1.82) is 0 Å². The van der Waals surface area contributed by atoms with Gasteiger partial charge in [0.05, 0.1) is 4.90 Å². The summed E-state index contributed by atoms with van der Waals surface area (Å²) in [4.78, 5) is 2.14. The summed E-state index contributed by atoms with van der Waals surface area (Å²) in [5.74, 6) is 0.340. The minimum atomic E-state index is -3.77. The third kappa shape index (κ3) is 3.62. The zero-order chi connectivity index (χ0) is 17.0. The summed E-state index contributed by atoms with van der Waals surface area (Å²) in [6.45, 7) is -0.702. The van der Waals surface area contributed by atoms with Gasteiger partial charge in [0.2, 0.25) is 10.0 Å². The lowest BCUT2D eigenvalue weighted by atomic mass is 10.1. The number of alkyl halides is 1. The van der Waals surface area contributed by atoms with E-state index in [9.17, 15) is 12.8 Å². The minimum Gasteiger partial charge on any atom is -0.377 e. The number of anilines is 1. The van der Waals surface area contributed by atoms with E-state index in [1.807, 2.05) is 37.2 Å². The molecule has 0 saturated carbocycles. The maximum atomic E-state index is 12.9. The van der Waals surface area contributed by atoms with Gasteiger partial charge in [-0.3, -0.25) is 0 Å². The van der Waals surface area contributed by atoms with Crippen molar-refractivity contribution < 1.29 is 12.8 Å². The topological polar surface area (TPSA) is 40.6 Å². The number of sulfonamides is 1. The van der Waals surface area contributed by atoms with Crippen LogP contribution in [0.4, 0.5) is 10.1 Å². The van der Waals surface area contributed by atoms with Gasteiger partial charge in [-0.1, -0.05) is 24.3 Å². The molecule has 0 aliphatic heterocycles. The molecule has 0 aromatic heterocycles. The second kappa shape index (κ2) is 7.51. The van der Waals surface area contributed by atoms with Gasteiger partial charge in [0.25, 0.3) is 0 Å². The SMILES string of the molecule is CN(C)c1cccc2c(S(=O)(=O)N(CCF)CCS)cccc12. The Morgan fingerprint density at radius 1 is 1.04 bits per heavy atom. The zero-order valence-corrected chi connectivity index (χ0v) is 14.9. The first-order valence-electron chi connectivity index (χ1n) is 7.29. The van der Waals surface area contributed by atoms with E-state index in [2.05, 4.69) is 12.6 Å². The average Bonchev–Trinajstić information content (AvgIpc) is 2.53. The summed E-state index contributed by atoms with van der Waals surface area (Å²) in [5.41, 5.74) is 0.936. The minimum absolute atomic E-state index is 0.160. The maximum Gasteiger partial charge on any atom is 0.243 e. The molecule has 0 unspecified atom stereocenters. The number of nitrogens with zero attached hydrogens (tertiary/aromatic N) is 2. The van der Waals surface area contributed by atoms with E-state index in [0.29, 0.717) is 11.1 Å². The first kappa shape index (κ1) is 18.0. The normalized spacial score (nSPS) is 12.0. The molecule has 23 heavy (non-hydrogen) atoms. The third-order valence-corrected chi connectivity index (χ3v) is 5.80. The van der Waals surface area contributed by atoms with Crippen LogP contribution >= 0.6 is 12.6 Å². The lowest BCUT2D eigenvalue weighted by Crippen LogP contribution is -2.34. The second-order valence-corrected chi connectivity index (χ2v) is 7.69. The van der Waals surface area contributed by atoms with Crippen molar-refractivity contribution in [3.05, 3.63) is 36.4 Å². The average molecular weight is 356 g/mol. The molecule has 2 aromatic rings. The molecule has 2 aromatic carbocycles. The van der Waals surface area contributed by atoms with Gasteiger partial charge in [0.15, 0.2) is 0 Å². The van der Waals surface area contributed by atoms with Gasteiger partial charge in [-0.15, -0.1) is 0 Å². The lowest BCUT2D eigenvalue weighted by molar-refractivity contribution is 0.369. The van der Waals surface area contributed by atoms with Crippen molar-refractivity contribution in [3.8, 4) is 0 Å². The Hall–Kier alpha value is -1.31. The van der Waals surface area contributed by atoms with E-state index >= 15 is 0 Å². The van der Waals surface area contributed by atoms with E-state index < -0.39 is 16.7 Å². The summed E-state index contributed by atoms with van der Waals surface area (Å²) < 4.78 is 39.7. The molecule has 0 aliphatic rings. The predicted molar refractivity (Wildman–Crippen MR) is 96.9 cm³/mol. The molecule has 0 spiro atoms. The lowest BCUT2D eigenvalue weighted by Gasteiger charge is -2.22. The monoisotopic (exact) mass is 356 g/mol. The van der Waals surface area contributed by atoms with E-state index in [1.165, 1.54) is 0 Å². The zero-order valence-electron chi connectivity index (χ0n) is 13.2. The fourth-order valence-electron chi connectivity index (χ4n) is 2.58. The number of benzene rings is 2. The highest BCUT2D eigenvalue weighted by molar-refractivity contribution is 7.89. The molecule has 0 saturated heterocycles. The summed E-state index contributed by atoms with van der Waals surface area (Å²) in [6.07, 6.45) is 0. The maximum absolute atomic E-state index is 12.9. The van der Waals surface area contributed by atoms with Gasteiger partial charge in [-0.05, 0) is 12.1 Å². The highest BCUT2D eigenvalue weighted by Gasteiger charge is 2.25. The van der Waals surface area contributed by atoms with Crippen LogP contribution in [0.15, 0.2) is 41.3 Å². The molecular formula is C16H21FN2O2S2. The predicted octanol–water partition coefficient (Wildman–Crippen LogP) is 2.80. The second-order valence-electron chi connectivity index (χ2n) is 5.34. The highest BCUT2D eigenvalue weighted by atomic mass is 32.2. The highest BCUT2D eigenvalue weighted by Crippen LogP contribution is 2.31. The fraction of sp³-hybridized carbons (Fsp3) is 0.375. The Morgan fingerprint density at radius 2 is 1.70 bits per heavy atom. The van der Waals surface area contributed by atoms with Crippen molar-refractivity contribution in [2.45, 2.75) is 4.90 Å². The molecule has 7 heteroatoms. The number of thiol groups is 1. The largest absolute Gasteiger partial charge is 0.377 e. The van der Waals surface area contributed by atoms with Crippen LogP contribution in [0.1, 0.15) is 0 Å². The number of halogens is 1. The quantitative estimate of drug-likeness (QED) is 0.776. The van der Waals surface area contributed by atoms with Crippen molar-refractivity contribution >= 4 is 39.1 Å². The Labute approximate surface area is 142 Å². The van der Waals surface area contributed by atoms with Crippen LogP contribution < -0.4 is 4.90 Å². The first-order chi connectivity index (χ1) is 10.9. The number of fused-ring (bicyclic) bond motifs is 1. The summed E-state index contributed by atoms with van der Waals surface area (Å²) >= 11 is 4.08. The molecule has 0 aliphatic carbocycles. The van der Waals surface area contributed by atoms with Gasteiger partial charge in [0, 0.05) is 49.4 Å². The van der Waals surface area contributed by atoms with Crippen molar-refractivity contribution in [2.75, 3.05) is 44.5 Å². The van der Waals surface area contributed by atoms with Crippen LogP contribution in [0.3, 0.4) is 0 Å². The summed E-state index contributed by atoms with van der Waals surface area (Å²) in [6, 6.07) is 10.7. The van der Waals surface area contributed by atoms with Gasteiger partial charge in [0.1, 0.15) is 6.67 Å². The third-order valence-electron chi connectivity index (χ3n) is 3.64. The molecule has 0 atom stereocenters. The smallest absolute Gasteiger partial charge is 0.243 e. The van der Waals surface area contributed by atoms with Gasteiger partial charge >= 0.3 is 0 Å². The summed E-state index contributed by atoms with van der Waals surface area (Å²) in [7, 11) is 0.0495. The number of hydrogen-bond donors (Lipinski definition) is 1. The molecule has 0 fully saturated rings. The van der Waals surface area contributed by atoms with Crippen molar-refractivity contribution in [3.63, 3.8) is 0 Å². The molecule has 0 radical (unpaired) electrons. The molecular weight excluding hydrogens is 335 g/mol. The first-order valence-corrected chi connectivity index (χ1v) is 9.36. The molecule has 4 nitrogen and oxygen atoms in total. The molecule has 0 heterocycles. The van der Waals surface area contributed by atoms with Crippen LogP contribution in [0.25, 0.3) is 10.8 Å². The Balaban J connectivity index is 2.65. The van der Waals surface area contributed by atoms with Crippen LogP contribution in [-0.2, 0) is 10.0 Å².